The van der Waals surface area contributed by atoms with Gasteiger partial charge in [0, 0.05) is 24.3 Å². The molecule has 136 valence electrons. The van der Waals surface area contributed by atoms with Crippen LogP contribution in [0.3, 0.4) is 0 Å². The van der Waals surface area contributed by atoms with E-state index >= 15 is 0 Å². The molecule has 0 saturated heterocycles. The fraction of sp³-hybridized carbons (Fsp3) is 0.208. The molecule has 1 aliphatic heterocycles. The Balaban J connectivity index is 1.61. The highest BCUT2D eigenvalue weighted by Crippen LogP contribution is 2.34. The Labute approximate surface area is 160 Å². The molecule has 27 heavy (non-hydrogen) atoms. The topological polar surface area (TPSA) is 34.1 Å². The van der Waals surface area contributed by atoms with Gasteiger partial charge < -0.3 is 10.1 Å². The molecular formula is C24H24N2O. The monoisotopic (exact) mass is 356 g/mol. The van der Waals surface area contributed by atoms with Crippen molar-refractivity contribution in [2.75, 3.05) is 13.7 Å². The van der Waals surface area contributed by atoms with Crippen molar-refractivity contribution in [1.29, 1.82) is 0 Å². The van der Waals surface area contributed by atoms with Crippen LogP contribution in [-0.4, -0.2) is 24.7 Å². The van der Waals surface area contributed by atoms with Crippen molar-refractivity contribution in [2.24, 2.45) is 0 Å². The molecular weight excluding hydrogens is 332 g/mol. The number of hydrogen-bond donors (Lipinski definition) is 1. The summed E-state index contributed by atoms with van der Waals surface area (Å²) in [6, 6.07) is 21.5. The van der Waals surface area contributed by atoms with Crippen molar-refractivity contribution in [3.8, 4) is 16.9 Å². The van der Waals surface area contributed by atoms with E-state index in [1.807, 2.05) is 12.3 Å². The molecule has 0 fully saturated rings. The molecule has 1 aliphatic rings. The molecule has 0 radical (unpaired) electrons. The van der Waals surface area contributed by atoms with Crippen molar-refractivity contribution < 1.29 is 4.74 Å². The molecule has 0 bridgehead atoms. The molecule has 0 amide bonds. The largest absolute Gasteiger partial charge is 0.494 e. The van der Waals surface area contributed by atoms with Crippen LogP contribution in [0.15, 0.2) is 79.1 Å². The van der Waals surface area contributed by atoms with E-state index in [1.165, 1.54) is 22.3 Å². The van der Waals surface area contributed by atoms with Crippen molar-refractivity contribution in [1.82, 2.24) is 10.3 Å². The van der Waals surface area contributed by atoms with Gasteiger partial charge in [-0.05, 0) is 35.1 Å². The van der Waals surface area contributed by atoms with Crippen molar-refractivity contribution in [3.63, 3.8) is 0 Å². The number of aromatic nitrogens is 1. The van der Waals surface area contributed by atoms with E-state index in [0.29, 0.717) is 6.04 Å². The van der Waals surface area contributed by atoms with Crippen LogP contribution in [0.4, 0.5) is 0 Å². The summed E-state index contributed by atoms with van der Waals surface area (Å²) >= 11 is 0. The number of nitrogens with one attached hydrogen (secondary N) is 1. The van der Waals surface area contributed by atoms with Crippen LogP contribution in [0.25, 0.3) is 16.7 Å². The lowest BCUT2D eigenvalue weighted by molar-refractivity contribution is 0.413. The third-order valence-electron chi connectivity index (χ3n) is 5.10. The second-order valence-electron chi connectivity index (χ2n) is 6.85. The molecule has 3 nitrogen and oxygen atoms in total. The van der Waals surface area contributed by atoms with Crippen LogP contribution in [0, 0.1) is 0 Å². The van der Waals surface area contributed by atoms with Crippen molar-refractivity contribution in [3.05, 3.63) is 90.3 Å². The van der Waals surface area contributed by atoms with Crippen LogP contribution in [0.1, 0.15) is 17.5 Å². The third kappa shape index (κ3) is 3.93. The lowest BCUT2D eigenvalue weighted by Gasteiger charge is -2.26. The van der Waals surface area contributed by atoms with E-state index in [-0.39, 0.29) is 0 Å². The summed E-state index contributed by atoms with van der Waals surface area (Å²) in [5.41, 5.74) is 6.26. The summed E-state index contributed by atoms with van der Waals surface area (Å²) in [5.74, 6) is 0.827. The molecule has 0 aliphatic carbocycles. The molecule has 1 aromatic heterocycles. The van der Waals surface area contributed by atoms with Gasteiger partial charge in [-0.1, -0.05) is 66.7 Å². The Kier molecular flexibility index (Phi) is 5.31. The predicted octanol–water partition coefficient (Wildman–Crippen LogP) is 4.75. The summed E-state index contributed by atoms with van der Waals surface area (Å²) in [5, 5.41) is 3.64. The molecule has 1 unspecified atom stereocenters. The molecule has 0 spiro atoms. The summed E-state index contributed by atoms with van der Waals surface area (Å²) in [6.45, 7) is 0.896. The second-order valence-corrected chi connectivity index (χ2v) is 6.85. The lowest BCUT2D eigenvalue weighted by Crippen LogP contribution is -2.34. The average Bonchev–Trinajstić information content (AvgIpc) is 2.75. The quantitative estimate of drug-likeness (QED) is 0.717. The van der Waals surface area contributed by atoms with Crippen LogP contribution in [0.2, 0.25) is 0 Å². The Hall–Kier alpha value is -2.91. The zero-order valence-electron chi connectivity index (χ0n) is 15.6. The van der Waals surface area contributed by atoms with Gasteiger partial charge in [-0.2, -0.15) is 0 Å². The molecule has 1 atom stereocenters. The average molecular weight is 356 g/mol. The van der Waals surface area contributed by atoms with Gasteiger partial charge in [-0.25, -0.2) is 0 Å². The molecule has 2 heterocycles. The minimum absolute atomic E-state index is 0.376. The van der Waals surface area contributed by atoms with E-state index in [4.69, 9.17) is 4.74 Å². The van der Waals surface area contributed by atoms with Crippen molar-refractivity contribution >= 4 is 5.57 Å². The smallest absolute Gasteiger partial charge is 0.145 e. The third-order valence-corrected chi connectivity index (χ3v) is 5.10. The first-order valence-electron chi connectivity index (χ1n) is 9.39. The van der Waals surface area contributed by atoms with E-state index in [0.717, 1.165) is 30.7 Å². The first-order valence-corrected chi connectivity index (χ1v) is 9.39. The van der Waals surface area contributed by atoms with Crippen LogP contribution < -0.4 is 10.1 Å². The maximum atomic E-state index is 5.63. The fourth-order valence-electron chi connectivity index (χ4n) is 3.79. The SMILES string of the molecule is COc1cncc(CC2CC(c3ccccc3)=CCN2)c1-c1ccccc1. The van der Waals surface area contributed by atoms with Gasteiger partial charge >= 0.3 is 0 Å². The molecule has 1 N–H and O–H groups in total. The van der Waals surface area contributed by atoms with E-state index in [1.54, 1.807) is 13.3 Å². The normalized spacial score (nSPS) is 16.6. The Bertz CT molecular complexity index is 920. The molecule has 0 saturated carbocycles. The van der Waals surface area contributed by atoms with Gasteiger partial charge in [-0.3, -0.25) is 4.98 Å². The summed E-state index contributed by atoms with van der Waals surface area (Å²) in [4.78, 5) is 4.42. The summed E-state index contributed by atoms with van der Waals surface area (Å²) in [7, 11) is 1.71. The molecule has 3 aromatic rings. The van der Waals surface area contributed by atoms with Crippen molar-refractivity contribution in [2.45, 2.75) is 18.9 Å². The first kappa shape index (κ1) is 17.5. The number of hydrogen-bond acceptors (Lipinski definition) is 3. The number of pyridine rings is 1. The first-order chi connectivity index (χ1) is 13.3. The number of methoxy groups -OCH3 is 1. The molecule has 4 rings (SSSR count). The lowest BCUT2D eigenvalue weighted by atomic mass is 9.90. The van der Waals surface area contributed by atoms with E-state index in [2.05, 4.69) is 71.0 Å². The maximum Gasteiger partial charge on any atom is 0.145 e. The minimum atomic E-state index is 0.376. The van der Waals surface area contributed by atoms with Crippen LogP contribution in [-0.2, 0) is 6.42 Å². The number of benzene rings is 2. The van der Waals surface area contributed by atoms with Gasteiger partial charge in [0.05, 0.1) is 13.3 Å². The highest BCUT2D eigenvalue weighted by atomic mass is 16.5. The van der Waals surface area contributed by atoms with E-state index < -0.39 is 0 Å². The van der Waals surface area contributed by atoms with Crippen LogP contribution >= 0.6 is 0 Å². The molecule has 2 aromatic carbocycles. The minimum Gasteiger partial charge on any atom is -0.494 e. The van der Waals surface area contributed by atoms with Crippen LogP contribution in [0.5, 0.6) is 5.75 Å². The zero-order valence-corrected chi connectivity index (χ0v) is 15.6. The zero-order chi connectivity index (χ0) is 18.5. The van der Waals surface area contributed by atoms with Gasteiger partial charge in [0.15, 0.2) is 0 Å². The number of rotatable bonds is 5. The van der Waals surface area contributed by atoms with Gasteiger partial charge in [0.1, 0.15) is 5.75 Å². The second kappa shape index (κ2) is 8.19. The van der Waals surface area contributed by atoms with Gasteiger partial charge in [0.25, 0.3) is 0 Å². The number of ether oxygens (including phenoxy) is 1. The van der Waals surface area contributed by atoms with E-state index in [9.17, 15) is 0 Å². The summed E-state index contributed by atoms with van der Waals surface area (Å²) in [6.07, 6.45) is 8.00. The summed E-state index contributed by atoms with van der Waals surface area (Å²) < 4.78 is 5.63. The highest BCUT2D eigenvalue weighted by Gasteiger charge is 2.20. The fourth-order valence-corrected chi connectivity index (χ4v) is 3.79. The highest BCUT2D eigenvalue weighted by molar-refractivity contribution is 5.73. The predicted molar refractivity (Wildman–Crippen MR) is 111 cm³/mol. The Morgan fingerprint density at radius 3 is 2.37 bits per heavy atom. The van der Waals surface area contributed by atoms with Gasteiger partial charge in [0.2, 0.25) is 0 Å². The molecule has 3 heteroatoms. The van der Waals surface area contributed by atoms with Gasteiger partial charge in [-0.15, -0.1) is 0 Å². The maximum absolute atomic E-state index is 5.63. The Morgan fingerprint density at radius 1 is 0.963 bits per heavy atom. The number of nitrogens with zero attached hydrogens (tertiary/aromatic N) is 1. The standard InChI is InChI=1S/C24H24N2O/c1-27-23-17-25-16-21(24(23)19-10-6-3-7-11-19)15-22-14-20(12-13-26-22)18-8-4-2-5-9-18/h2-12,16-17,22,26H,13-15H2,1H3. The Morgan fingerprint density at radius 2 is 1.67 bits per heavy atom.